The van der Waals surface area contributed by atoms with E-state index < -0.39 is 0 Å². The highest BCUT2D eigenvalue weighted by atomic mass is 35.5. The molecule has 3 nitrogen and oxygen atoms in total. The Morgan fingerprint density at radius 3 is 2.94 bits per heavy atom. The van der Waals surface area contributed by atoms with Gasteiger partial charge in [-0.2, -0.15) is 0 Å². The standard InChI is InChI=1S/C13H17FN2O.ClH/c14-11-5-3-4-10(8-11)9-16-13(17)12-6-1-2-7-15-12;/h3-5,8,12,15H,1-2,6-7,9H2,(H,16,17);1H/t12-;/m0./s1. The van der Waals surface area contributed by atoms with E-state index in [4.69, 9.17) is 0 Å². The molecule has 0 aromatic heterocycles. The number of halogens is 2. The second-order valence-electron chi connectivity index (χ2n) is 4.35. The van der Waals surface area contributed by atoms with Gasteiger partial charge in [-0.1, -0.05) is 18.6 Å². The molecule has 18 heavy (non-hydrogen) atoms. The first kappa shape index (κ1) is 14.9. The van der Waals surface area contributed by atoms with E-state index in [0.29, 0.717) is 6.54 Å². The van der Waals surface area contributed by atoms with Gasteiger partial charge in [0, 0.05) is 6.54 Å². The predicted molar refractivity (Wildman–Crippen MR) is 71.1 cm³/mol. The van der Waals surface area contributed by atoms with Crippen LogP contribution in [-0.4, -0.2) is 18.5 Å². The van der Waals surface area contributed by atoms with E-state index in [9.17, 15) is 9.18 Å². The molecule has 1 aliphatic rings. The molecule has 1 fully saturated rings. The lowest BCUT2D eigenvalue weighted by atomic mass is 10.0. The second-order valence-corrected chi connectivity index (χ2v) is 4.35. The number of amides is 1. The van der Waals surface area contributed by atoms with Gasteiger partial charge in [0.1, 0.15) is 5.82 Å². The average Bonchev–Trinajstić information content (AvgIpc) is 2.37. The zero-order valence-electron chi connectivity index (χ0n) is 10.1. The number of piperidine rings is 1. The highest BCUT2D eigenvalue weighted by molar-refractivity contribution is 5.85. The molecule has 1 heterocycles. The molecule has 1 aromatic rings. The Hall–Kier alpha value is -1.13. The number of rotatable bonds is 3. The van der Waals surface area contributed by atoms with Crippen LogP contribution in [0.4, 0.5) is 4.39 Å². The summed E-state index contributed by atoms with van der Waals surface area (Å²) in [6.45, 7) is 1.28. The Morgan fingerprint density at radius 2 is 2.28 bits per heavy atom. The van der Waals surface area contributed by atoms with E-state index in [1.54, 1.807) is 12.1 Å². The third kappa shape index (κ3) is 4.27. The van der Waals surface area contributed by atoms with Gasteiger partial charge in [0.2, 0.25) is 5.91 Å². The van der Waals surface area contributed by atoms with Gasteiger partial charge in [0.25, 0.3) is 0 Å². The van der Waals surface area contributed by atoms with Crippen LogP contribution in [0, 0.1) is 5.82 Å². The van der Waals surface area contributed by atoms with Crippen molar-refractivity contribution in [3.8, 4) is 0 Å². The Kier molecular flexibility index (Phi) is 6.09. The first-order chi connectivity index (χ1) is 8.25. The van der Waals surface area contributed by atoms with E-state index in [2.05, 4.69) is 10.6 Å². The lowest BCUT2D eigenvalue weighted by molar-refractivity contribution is -0.123. The van der Waals surface area contributed by atoms with Crippen LogP contribution in [0.15, 0.2) is 24.3 Å². The number of nitrogens with one attached hydrogen (secondary N) is 2. The SMILES string of the molecule is Cl.O=C(NCc1cccc(F)c1)[C@@H]1CCCCN1. The number of carbonyl (C=O) groups is 1. The normalized spacial score (nSPS) is 18.8. The van der Waals surface area contributed by atoms with Crippen molar-refractivity contribution in [2.45, 2.75) is 31.8 Å². The van der Waals surface area contributed by atoms with Gasteiger partial charge in [0.15, 0.2) is 0 Å². The molecule has 1 aliphatic heterocycles. The lowest BCUT2D eigenvalue weighted by Gasteiger charge is -2.22. The summed E-state index contributed by atoms with van der Waals surface area (Å²) in [5, 5.41) is 6.01. The Bertz CT molecular complexity index is 394. The fourth-order valence-electron chi connectivity index (χ4n) is 2.03. The van der Waals surface area contributed by atoms with Crippen molar-refractivity contribution >= 4 is 18.3 Å². The van der Waals surface area contributed by atoms with E-state index in [-0.39, 0.29) is 30.2 Å². The molecular weight excluding hydrogens is 255 g/mol. The van der Waals surface area contributed by atoms with Crippen LogP contribution in [0.2, 0.25) is 0 Å². The summed E-state index contributed by atoms with van der Waals surface area (Å²) < 4.78 is 12.9. The highest BCUT2D eigenvalue weighted by Crippen LogP contribution is 2.07. The first-order valence-electron chi connectivity index (χ1n) is 6.01. The summed E-state index contributed by atoms with van der Waals surface area (Å²) in [7, 11) is 0. The molecule has 0 aliphatic carbocycles. The van der Waals surface area contributed by atoms with E-state index in [0.717, 1.165) is 31.4 Å². The zero-order chi connectivity index (χ0) is 12.1. The molecule has 1 amide bonds. The molecule has 2 N–H and O–H groups in total. The van der Waals surface area contributed by atoms with E-state index >= 15 is 0 Å². The van der Waals surface area contributed by atoms with Gasteiger partial charge in [-0.25, -0.2) is 4.39 Å². The van der Waals surface area contributed by atoms with Gasteiger partial charge in [-0.15, -0.1) is 12.4 Å². The third-order valence-electron chi connectivity index (χ3n) is 2.98. The quantitative estimate of drug-likeness (QED) is 0.884. The fraction of sp³-hybridized carbons (Fsp3) is 0.462. The molecule has 0 unspecified atom stereocenters. The minimum absolute atomic E-state index is 0. The van der Waals surface area contributed by atoms with Gasteiger partial charge >= 0.3 is 0 Å². The van der Waals surface area contributed by atoms with Crippen LogP contribution in [0.25, 0.3) is 0 Å². The average molecular weight is 273 g/mol. The maximum Gasteiger partial charge on any atom is 0.237 e. The van der Waals surface area contributed by atoms with Crippen molar-refractivity contribution in [2.75, 3.05) is 6.54 Å². The first-order valence-corrected chi connectivity index (χ1v) is 6.01. The Balaban J connectivity index is 0.00000162. The summed E-state index contributed by atoms with van der Waals surface area (Å²) in [4.78, 5) is 11.8. The lowest BCUT2D eigenvalue weighted by Crippen LogP contribution is -2.46. The molecule has 0 saturated carbocycles. The third-order valence-corrected chi connectivity index (χ3v) is 2.98. The van der Waals surface area contributed by atoms with Crippen molar-refractivity contribution in [2.24, 2.45) is 0 Å². The monoisotopic (exact) mass is 272 g/mol. The van der Waals surface area contributed by atoms with Crippen LogP contribution in [0.5, 0.6) is 0 Å². The van der Waals surface area contributed by atoms with Crippen molar-refractivity contribution in [1.29, 1.82) is 0 Å². The van der Waals surface area contributed by atoms with E-state index in [1.165, 1.54) is 12.1 Å². The number of hydrogen-bond donors (Lipinski definition) is 2. The maximum atomic E-state index is 12.9. The summed E-state index contributed by atoms with van der Waals surface area (Å²) in [5.74, 6) is -0.262. The van der Waals surface area contributed by atoms with Crippen molar-refractivity contribution in [3.63, 3.8) is 0 Å². The smallest absolute Gasteiger partial charge is 0.237 e. The molecule has 2 rings (SSSR count). The maximum absolute atomic E-state index is 12.9. The van der Waals surface area contributed by atoms with Crippen LogP contribution in [-0.2, 0) is 11.3 Å². The summed E-state index contributed by atoms with van der Waals surface area (Å²) in [6.07, 6.45) is 3.10. The van der Waals surface area contributed by atoms with Gasteiger partial charge < -0.3 is 10.6 Å². The minimum atomic E-state index is -0.271. The molecule has 0 spiro atoms. The molecule has 100 valence electrons. The molecule has 0 bridgehead atoms. The summed E-state index contributed by atoms with van der Waals surface area (Å²) in [5.41, 5.74) is 0.786. The molecule has 0 radical (unpaired) electrons. The predicted octanol–water partition coefficient (Wildman–Crippen LogP) is 2.01. The van der Waals surface area contributed by atoms with Gasteiger partial charge in [0.05, 0.1) is 6.04 Å². The van der Waals surface area contributed by atoms with Crippen molar-refractivity contribution in [3.05, 3.63) is 35.6 Å². The van der Waals surface area contributed by atoms with Crippen molar-refractivity contribution in [1.82, 2.24) is 10.6 Å². The number of hydrogen-bond acceptors (Lipinski definition) is 2. The molecule has 5 heteroatoms. The largest absolute Gasteiger partial charge is 0.351 e. The Labute approximate surface area is 113 Å². The van der Waals surface area contributed by atoms with Crippen LogP contribution in [0.3, 0.4) is 0 Å². The van der Waals surface area contributed by atoms with Gasteiger partial charge in [-0.05, 0) is 37.1 Å². The van der Waals surface area contributed by atoms with Gasteiger partial charge in [-0.3, -0.25) is 4.79 Å². The fourth-order valence-corrected chi connectivity index (χ4v) is 2.03. The number of benzene rings is 1. The number of carbonyl (C=O) groups excluding carboxylic acids is 1. The molecule has 1 atom stereocenters. The minimum Gasteiger partial charge on any atom is -0.351 e. The van der Waals surface area contributed by atoms with Crippen LogP contribution < -0.4 is 10.6 Å². The highest BCUT2D eigenvalue weighted by Gasteiger charge is 2.19. The second kappa shape index (κ2) is 7.34. The molecular formula is C13H18ClFN2O. The van der Waals surface area contributed by atoms with Crippen LogP contribution >= 0.6 is 12.4 Å². The molecule has 1 saturated heterocycles. The van der Waals surface area contributed by atoms with E-state index in [1.807, 2.05) is 0 Å². The molecule has 1 aromatic carbocycles. The Morgan fingerprint density at radius 1 is 1.44 bits per heavy atom. The van der Waals surface area contributed by atoms with Crippen molar-refractivity contribution < 1.29 is 9.18 Å². The topological polar surface area (TPSA) is 41.1 Å². The van der Waals surface area contributed by atoms with Crippen LogP contribution in [0.1, 0.15) is 24.8 Å². The summed E-state index contributed by atoms with van der Waals surface area (Å²) in [6, 6.07) is 6.20. The zero-order valence-corrected chi connectivity index (χ0v) is 10.9. The summed E-state index contributed by atoms with van der Waals surface area (Å²) >= 11 is 0.